The number of anilines is 2. The van der Waals surface area contributed by atoms with Crippen LogP contribution in [0.25, 0.3) is 22.4 Å². The molecule has 0 amide bonds. The third-order valence-corrected chi connectivity index (χ3v) is 7.06. The molecule has 4 aromatic rings. The largest absolute Gasteiger partial charge is 0.385 e. The molecule has 3 aromatic heterocycles. The van der Waals surface area contributed by atoms with Crippen molar-refractivity contribution in [2.75, 3.05) is 23.7 Å². The number of nitrogens with two attached hydrogens (primary N) is 2. The van der Waals surface area contributed by atoms with Crippen LogP contribution < -0.4 is 16.4 Å². The Balaban J connectivity index is 1.63. The van der Waals surface area contributed by atoms with Crippen LogP contribution in [-0.2, 0) is 6.54 Å². The third-order valence-electron chi connectivity index (χ3n) is 7.06. The lowest BCUT2D eigenvalue weighted by Crippen LogP contribution is -2.63. The molecule has 5 rings (SSSR count). The Labute approximate surface area is 223 Å². The van der Waals surface area contributed by atoms with E-state index in [1.165, 1.54) is 24.9 Å². The number of pyridine rings is 1. The molecular formula is C25H24F6N8O. The second-order valence-corrected chi connectivity index (χ2v) is 9.69. The topological polar surface area (TPSA) is 132 Å². The van der Waals surface area contributed by atoms with Gasteiger partial charge in [-0.1, -0.05) is 0 Å². The minimum Gasteiger partial charge on any atom is -0.385 e. The first kappa shape index (κ1) is 27.6. The highest BCUT2D eigenvalue weighted by Gasteiger charge is 2.43. The van der Waals surface area contributed by atoms with Crippen LogP contribution in [0.2, 0.25) is 0 Å². The average Bonchev–Trinajstić information content (AvgIpc) is 3.33. The van der Waals surface area contributed by atoms with Crippen LogP contribution in [0.1, 0.15) is 30.4 Å². The SMILES string of the molecule is Nc1ncnc2c1ncn2Cc1cc(-c2cc(F)c(F)cc2C(F)F)ncc1N1CCC[C@](N)([C@H](O)C(F)F)C1. The Kier molecular flexibility index (Phi) is 7.27. The molecule has 1 aliphatic heterocycles. The number of imidazole rings is 1. The summed E-state index contributed by atoms with van der Waals surface area (Å²) in [6.07, 6.45) is -3.75. The molecule has 40 heavy (non-hydrogen) atoms. The molecule has 15 heteroatoms. The van der Waals surface area contributed by atoms with Crippen molar-refractivity contribution in [2.45, 2.75) is 43.9 Å². The minimum absolute atomic E-state index is 0.0248. The zero-order valence-corrected chi connectivity index (χ0v) is 20.8. The van der Waals surface area contributed by atoms with E-state index in [2.05, 4.69) is 19.9 Å². The van der Waals surface area contributed by atoms with E-state index < -0.39 is 41.7 Å². The van der Waals surface area contributed by atoms with Crippen LogP contribution in [0.15, 0.2) is 37.1 Å². The number of nitrogen functional groups attached to an aromatic ring is 1. The van der Waals surface area contributed by atoms with E-state index in [0.717, 1.165) is 0 Å². The fourth-order valence-corrected chi connectivity index (χ4v) is 5.02. The monoisotopic (exact) mass is 566 g/mol. The molecule has 0 bridgehead atoms. The molecular weight excluding hydrogens is 542 g/mol. The summed E-state index contributed by atoms with van der Waals surface area (Å²) in [5.74, 6) is -2.62. The molecule has 0 unspecified atom stereocenters. The molecule has 0 spiro atoms. The first-order valence-electron chi connectivity index (χ1n) is 12.2. The van der Waals surface area contributed by atoms with E-state index in [1.807, 2.05) is 0 Å². The Hall–Kier alpha value is -3.98. The zero-order valence-electron chi connectivity index (χ0n) is 20.8. The zero-order chi connectivity index (χ0) is 28.8. The molecule has 9 nitrogen and oxygen atoms in total. The molecule has 212 valence electrons. The van der Waals surface area contributed by atoms with Gasteiger partial charge in [-0.05, 0) is 36.6 Å². The maximum Gasteiger partial charge on any atom is 0.265 e. The number of aromatic nitrogens is 5. The molecule has 0 saturated carbocycles. The van der Waals surface area contributed by atoms with Gasteiger partial charge < -0.3 is 26.0 Å². The summed E-state index contributed by atoms with van der Waals surface area (Å²) in [5, 5.41) is 10.1. The maximum absolute atomic E-state index is 14.1. The van der Waals surface area contributed by atoms with E-state index in [4.69, 9.17) is 11.5 Å². The molecule has 0 aliphatic carbocycles. The smallest absolute Gasteiger partial charge is 0.265 e. The predicted octanol–water partition coefficient (Wildman–Crippen LogP) is 3.66. The van der Waals surface area contributed by atoms with Gasteiger partial charge in [0.25, 0.3) is 12.9 Å². The maximum atomic E-state index is 14.1. The summed E-state index contributed by atoms with van der Waals surface area (Å²) in [6, 6.07) is 2.49. The van der Waals surface area contributed by atoms with Crippen LogP contribution in [0.3, 0.4) is 0 Å². The Morgan fingerprint density at radius 1 is 1.02 bits per heavy atom. The second kappa shape index (κ2) is 10.5. The predicted molar refractivity (Wildman–Crippen MR) is 134 cm³/mol. The lowest BCUT2D eigenvalue weighted by molar-refractivity contribution is -0.0529. The van der Waals surface area contributed by atoms with Crippen molar-refractivity contribution in [3.05, 3.63) is 59.8 Å². The Morgan fingerprint density at radius 3 is 2.50 bits per heavy atom. The van der Waals surface area contributed by atoms with Crippen LogP contribution in [0.4, 0.5) is 37.8 Å². The molecule has 1 fully saturated rings. The normalized spacial score (nSPS) is 18.7. The van der Waals surface area contributed by atoms with Crippen molar-refractivity contribution < 1.29 is 31.4 Å². The van der Waals surface area contributed by atoms with E-state index in [0.29, 0.717) is 47.5 Å². The van der Waals surface area contributed by atoms with Gasteiger partial charge in [0.1, 0.15) is 17.9 Å². The summed E-state index contributed by atoms with van der Waals surface area (Å²) in [5.41, 5.74) is 10.8. The van der Waals surface area contributed by atoms with Gasteiger partial charge in [-0.2, -0.15) is 0 Å². The van der Waals surface area contributed by atoms with E-state index >= 15 is 0 Å². The van der Waals surface area contributed by atoms with Gasteiger partial charge in [0.05, 0.1) is 36.0 Å². The standard InChI is InChI=1S/C25H24F6N8O/c26-15-5-13(14(21(28)29)6-16(15)27)17-4-12(8-39-11-37-19-23(32)35-10-36-24(19)39)18(7-34-17)38-3-1-2-25(33,9-38)20(40)22(30)31/h4-7,10-11,20-22,40H,1-3,8-9,33H2,(H2,32,35,36)/t20-,25-/m1/s1. The highest BCUT2D eigenvalue weighted by molar-refractivity contribution is 5.81. The Bertz CT molecular complexity index is 1550. The van der Waals surface area contributed by atoms with Gasteiger partial charge in [-0.15, -0.1) is 0 Å². The number of alkyl halides is 4. The van der Waals surface area contributed by atoms with E-state index in [9.17, 15) is 31.4 Å². The number of hydrogen-bond acceptors (Lipinski definition) is 8. The van der Waals surface area contributed by atoms with Gasteiger partial charge in [-0.25, -0.2) is 41.3 Å². The van der Waals surface area contributed by atoms with Crippen LogP contribution >= 0.6 is 0 Å². The molecule has 2 atom stereocenters. The molecule has 0 radical (unpaired) electrons. The summed E-state index contributed by atoms with van der Waals surface area (Å²) in [6.45, 7) is 0.243. The summed E-state index contributed by atoms with van der Waals surface area (Å²) in [4.78, 5) is 18.2. The highest BCUT2D eigenvalue weighted by atomic mass is 19.3. The summed E-state index contributed by atoms with van der Waals surface area (Å²) >= 11 is 0. The van der Waals surface area contributed by atoms with Crippen LogP contribution in [0, 0.1) is 11.6 Å². The molecule has 1 aromatic carbocycles. The Morgan fingerprint density at radius 2 is 1.77 bits per heavy atom. The van der Waals surface area contributed by atoms with Crippen molar-refractivity contribution in [1.29, 1.82) is 0 Å². The van der Waals surface area contributed by atoms with E-state index in [1.54, 1.807) is 9.47 Å². The first-order chi connectivity index (χ1) is 19.0. The fourth-order valence-electron chi connectivity index (χ4n) is 5.02. The number of fused-ring (bicyclic) bond motifs is 1. The van der Waals surface area contributed by atoms with Crippen molar-refractivity contribution in [1.82, 2.24) is 24.5 Å². The van der Waals surface area contributed by atoms with Crippen LogP contribution in [0.5, 0.6) is 0 Å². The summed E-state index contributed by atoms with van der Waals surface area (Å²) in [7, 11) is 0. The second-order valence-electron chi connectivity index (χ2n) is 9.69. The third kappa shape index (κ3) is 5.01. The van der Waals surface area contributed by atoms with Gasteiger partial charge in [0.2, 0.25) is 0 Å². The minimum atomic E-state index is -3.12. The molecule has 4 heterocycles. The first-order valence-corrected chi connectivity index (χ1v) is 12.2. The van der Waals surface area contributed by atoms with Crippen LogP contribution in [-0.4, -0.2) is 60.8 Å². The number of benzene rings is 1. The highest BCUT2D eigenvalue weighted by Crippen LogP contribution is 2.36. The number of aliphatic hydroxyl groups excluding tert-OH is 1. The number of nitrogens with zero attached hydrogens (tertiary/aromatic N) is 6. The number of piperidine rings is 1. The van der Waals surface area contributed by atoms with Gasteiger partial charge in [0, 0.05) is 24.2 Å². The van der Waals surface area contributed by atoms with Gasteiger partial charge >= 0.3 is 0 Å². The number of hydrogen-bond donors (Lipinski definition) is 3. The number of aliphatic hydroxyl groups is 1. The summed E-state index contributed by atoms with van der Waals surface area (Å²) < 4.78 is 83.9. The number of rotatable bonds is 7. The van der Waals surface area contributed by atoms with E-state index in [-0.39, 0.29) is 36.6 Å². The van der Waals surface area contributed by atoms with Gasteiger partial charge in [0.15, 0.2) is 23.1 Å². The average molecular weight is 567 g/mol. The fraction of sp³-hybridized carbons (Fsp3) is 0.360. The van der Waals surface area contributed by atoms with Crippen molar-refractivity contribution in [3.8, 4) is 11.3 Å². The molecule has 1 saturated heterocycles. The quantitative estimate of drug-likeness (QED) is 0.289. The number of halogens is 6. The van der Waals surface area contributed by atoms with Crippen molar-refractivity contribution >= 4 is 22.7 Å². The molecule has 1 aliphatic rings. The lowest BCUT2D eigenvalue weighted by Gasteiger charge is -2.44. The molecule has 5 N–H and O–H groups in total. The lowest BCUT2D eigenvalue weighted by atomic mass is 9.84. The van der Waals surface area contributed by atoms with Crippen molar-refractivity contribution in [3.63, 3.8) is 0 Å². The van der Waals surface area contributed by atoms with Crippen molar-refractivity contribution in [2.24, 2.45) is 5.73 Å². The van der Waals surface area contributed by atoms with Gasteiger partial charge in [-0.3, -0.25) is 4.98 Å².